The molecule has 6 heteroatoms. The molecule has 2 atom stereocenters. The van der Waals surface area contributed by atoms with E-state index in [9.17, 15) is 9.59 Å². The Labute approximate surface area is 155 Å². The molecular formula is C20H30N2O4. The monoisotopic (exact) mass is 362 g/mol. The molecule has 0 bridgehead atoms. The Bertz CT molecular complexity index is 598. The molecule has 1 heterocycles. The van der Waals surface area contributed by atoms with Gasteiger partial charge in [0.05, 0.1) is 19.6 Å². The third-order valence-corrected chi connectivity index (χ3v) is 4.42. The number of benzene rings is 1. The van der Waals surface area contributed by atoms with E-state index in [1.54, 1.807) is 4.90 Å². The number of esters is 1. The van der Waals surface area contributed by atoms with E-state index in [2.05, 4.69) is 5.32 Å². The van der Waals surface area contributed by atoms with Crippen molar-refractivity contribution in [1.82, 2.24) is 10.2 Å². The number of rotatable bonds is 6. The van der Waals surface area contributed by atoms with Crippen LogP contribution in [-0.4, -0.2) is 48.3 Å². The maximum absolute atomic E-state index is 12.6. The predicted molar refractivity (Wildman–Crippen MR) is 99.7 cm³/mol. The average molecular weight is 362 g/mol. The van der Waals surface area contributed by atoms with E-state index in [1.807, 2.05) is 51.1 Å². The number of hydrogen-bond donors (Lipinski definition) is 1. The summed E-state index contributed by atoms with van der Waals surface area (Å²) < 4.78 is 10.4. The van der Waals surface area contributed by atoms with E-state index >= 15 is 0 Å². The summed E-state index contributed by atoms with van der Waals surface area (Å²) in [6.45, 7) is 6.84. The van der Waals surface area contributed by atoms with Crippen molar-refractivity contribution in [3.63, 3.8) is 0 Å². The van der Waals surface area contributed by atoms with Crippen LogP contribution in [-0.2, 0) is 20.8 Å². The van der Waals surface area contributed by atoms with Crippen molar-refractivity contribution in [2.45, 2.75) is 64.3 Å². The molecule has 26 heavy (non-hydrogen) atoms. The summed E-state index contributed by atoms with van der Waals surface area (Å²) >= 11 is 0. The minimum absolute atomic E-state index is 0.0901. The molecule has 0 aromatic heterocycles. The van der Waals surface area contributed by atoms with E-state index < -0.39 is 5.60 Å². The van der Waals surface area contributed by atoms with Crippen LogP contribution in [0.25, 0.3) is 0 Å². The summed E-state index contributed by atoms with van der Waals surface area (Å²) in [7, 11) is 1.39. The van der Waals surface area contributed by atoms with Crippen molar-refractivity contribution in [1.29, 1.82) is 0 Å². The highest BCUT2D eigenvalue weighted by molar-refractivity contribution is 5.71. The average Bonchev–Trinajstić information content (AvgIpc) is 3.07. The molecule has 1 aliphatic rings. The van der Waals surface area contributed by atoms with E-state index in [0.717, 1.165) is 18.4 Å². The number of hydrogen-bond acceptors (Lipinski definition) is 5. The number of amides is 1. The minimum atomic E-state index is -0.542. The highest BCUT2D eigenvalue weighted by Crippen LogP contribution is 2.25. The standard InChI is InChI=1S/C20H30N2O4/c1-20(2,3)26-19(24)22-12-8-11-17(22)16(13-18(23)25-4)21-14-15-9-6-5-7-10-15/h5-7,9-10,16-17,21H,8,11-14H2,1-4H3/t16-,17+/m1/s1. The van der Waals surface area contributed by atoms with Crippen molar-refractivity contribution in [2.75, 3.05) is 13.7 Å². The van der Waals surface area contributed by atoms with Crippen LogP contribution in [0.5, 0.6) is 0 Å². The Morgan fingerprint density at radius 3 is 2.58 bits per heavy atom. The summed E-state index contributed by atoms with van der Waals surface area (Å²) in [6, 6.07) is 9.72. The van der Waals surface area contributed by atoms with Crippen LogP contribution in [0.2, 0.25) is 0 Å². The molecule has 0 radical (unpaired) electrons. The van der Waals surface area contributed by atoms with Gasteiger partial charge in [0.15, 0.2) is 0 Å². The first-order valence-electron chi connectivity index (χ1n) is 9.14. The number of methoxy groups -OCH3 is 1. The fourth-order valence-corrected chi connectivity index (χ4v) is 3.21. The lowest BCUT2D eigenvalue weighted by Gasteiger charge is -2.33. The highest BCUT2D eigenvalue weighted by atomic mass is 16.6. The van der Waals surface area contributed by atoms with Crippen LogP contribution in [0.3, 0.4) is 0 Å². The number of likely N-dealkylation sites (tertiary alicyclic amines) is 1. The lowest BCUT2D eigenvalue weighted by Crippen LogP contribution is -2.51. The van der Waals surface area contributed by atoms with Crippen LogP contribution in [0.15, 0.2) is 30.3 Å². The van der Waals surface area contributed by atoms with Gasteiger partial charge in [-0.25, -0.2) is 4.79 Å². The van der Waals surface area contributed by atoms with E-state index in [4.69, 9.17) is 9.47 Å². The first-order valence-corrected chi connectivity index (χ1v) is 9.14. The summed E-state index contributed by atoms with van der Waals surface area (Å²) in [5.74, 6) is -0.286. The molecule has 1 fully saturated rings. The molecule has 1 aromatic carbocycles. The Kier molecular flexibility index (Phi) is 7.03. The van der Waals surface area contributed by atoms with Crippen LogP contribution in [0, 0.1) is 0 Å². The molecule has 0 unspecified atom stereocenters. The van der Waals surface area contributed by atoms with Gasteiger partial charge in [0, 0.05) is 19.1 Å². The van der Waals surface area contributed by atoms with Gasteiger partial charge in [0.25, 0.3) is 0 Å². The first kappa shape index (κ1) is 20.2. The highest BCUT2D eigenvalue weighted by Gasteiger charge is 2.37. The summed E-state index contributed by atoms with van der Waals surface area (Å²) in [5.41, 5.74) is 0.587. The third kappa shape index (κ3) is 6.02. The van der Waals surface area contributed by atoms with Crippen molar-refractivity contribution in [3.8, 4) is 0 Å². The number of ether oxygens (including phenoxy) is 2. The second-order valence-corrected chi connectivity index (χ2v) is 7.64. The molecule has 1 aliphatic heterocycles. The Hall–Kier alpha value is -2.08. The van der Waals surface area contributed by atoms with E-state index in [-0.39, 0.29) is 30.6 Å². The number of nitrogens with one attached hydrogen (secondary N) is 1. The molecule has 1 aromatic rings. The van der Waals surface area contributed by atoms with Gasteiger partial charge in [-0.15, -0.1) is 0 Å². The number of carbonyl (C=O) groups excluding carboxylic acids is 2. The van der Waals surface area contributed by atoms with Crippen molar-refractivity contribution in [2.24, 2.45) is 0 Å². The molecule has 0 spiro atoms. The zero-order valence-corrected chi connectivity index (χ0v) is 16.2. The van der Waals surface area contributed by atoms with Crippen molar-refractivity contribution < 1.29 is 19.1 Å². The second-order valence-electron chi connectivity index (χ2n) is 7.64. The Balaban J connectivity index is 2.09. The third-order valence-electron chi connectivity index (χ3n) is 4.42. The van der Waals surface area contributed by atoms with Crippen molar-refractivity contribution >= 4 is 12.1 Å². The van der Waals surface area contributed by atoms with E-state index in [0.29, 0.717) is 13.1 Å². The summed E-state index contributed by atoms with van der Waals surface area (Å²) in [4.78, 5) is 26.2. The largest absolute Gasteiger partial charge is 0.469 e. The van der Waals surface area contributed by atoms with Crippen LogP contribution in [0.1, 0.15) is 45.6 Å². The van der Waals surface area contributed by atoms with Crippen LogP contribution in [0.4, 0.5) is 4.79 Å². The second kappa shape index (κ2) is 9.03. The zero-order chi connectivity index (χ0) is 19.2. The van der Waals surface area contributed by atoms with Crippen molar-refractivity contribution in [3.05, 3.63) is 35.9 Å². The van der Waals surface area contributed by atoms with Gasteiger partial charge < -0.3 is 19.7 Å². The molecule has 144 valence electrons. The molecule has 0 aliphatic carbocycles. The SMILES string of the molecule is COC(=O)C[C@@H](NCc1ccccc1)[C@@H]1CCCN1C(=O)OC(C)(C)C. The lowest BCUT2D eigenvalue weighted by atomic mass is 10.0. The molecule has 1 amide bonds. The zero-order valence-electron chi connectivity index (χ0n) is 16.2. The molecule has 1 N–H and O–H groups in total. The quantitative estimate of drug-likeness (QED) is 0.788. The number of carbonyl (C=O) groups is 2. The predicted octanol–water partition coefficient (Wildman–Crippen LogP) is 3.11. The number of nitrogens with zero attached hydrogens (tertiary/aromatic N) is 1. The van der Waals surface area contributed by atoms with Gasteiger partial charge in [-0.05, 0) is 39.2 Å². The summed E-state index contributed by atoms with van der Waals surface area (Å²) in [6.07, 6.45) is 1.63. The first-order chi connectivity index (χ1) is 12.3. The Morgan fingerprint density at radius 2 is 1.96 bits per heavy atom. The molecule has 2 rings (SSSR count). The van der Waals surface area contributed by atoms with Gasteiger partial charge in [-0.1, -0.05) is 30.3 Å². The van der Waals surface area contributed by atoms with Gasteiger partial charge in [0.2, 0.25) is 0 Å². The minimum Gasteiger partial charge on any atom is -0.469 e. The van der Waals surface area contributed by atoms with E-state index in [1.165, 1.54) is 7.11 Å². The molecule has 0 saturated carbocycles. The molecule has 6 nitrogen and oxygen atoms in total. The smallest absolute Gasteiger partial charge is 0.410 e. The normalized spacial score (nSPS) is 18.5. The van der Waals surface area contributed by atoms with Gasteiger partial charge in [-0.2, -0.15) is 0 Å². The maximum atomic E-state index is 12.6. The maximum Gasteiger partial charge on any atom is 0.410 e. The van der Waals surface area contributed by atoms with Crippen LogP contribution >= 0.6 is 0 Å². The lowest BCUT2D eigenvalue weighted by molar-refractivity contribution is -0.141. The molecule has 1 saturated heterocycles. The van der Waals surface area contributed by atoms with Gasteiger partial charge in [-0.3, -0.25) is 4.79 Å². The fraction of sp³-hybridized carbons (Fsp3) is 0.600. The Morgan fingerprint density at radius 1 is 1.27 bits per heavy atom. The van der Waals surface area contributed by atoms with Gasteiger partial charge in [0.1, 0.15) is 5.60 Å². The van der Waals surface area contributed by atoms with Crippen LogP contribution < -0.4 is 5.32 Å². The topological polar surface area (TPSA) is 67.9 Å². The summed E-state index contributed by atoms with van der Waals surface area (Å²) in [5, 5.41) is 3.44. The van der Waals surface area contributed by atoms with Gasteiger partial charge >= 0.3 is 12.1 Å². The molecular weight excluding hydrogens is 332 g/mol. The fourth-order valence-electron chi connectivity index (χ4n) is 3.21.